The number of carbonyl (C=O) groups excluding carboxylic acids is 1. The predicted octanol–water partition coefficient (Wildman–Crippen LogP) is 4.11. The Morgan fingerprint density at radius 3 is 2.94 bits per heavy atom. The Hall–Kier alpha value is -3.94. The lowest BCUT2D eigenvalue weighted by molar-refractivity contribution is -0.111. The van der Waals surface area contributed by atoms with Crippen molar-refractivity contribution in [3.05, 3.63) is 61.7 Å². The molecule has 0 saturated heterocycles. The summed E-state index contributed by atoms with van der Waals surface area (Å²) in [6.07, 6.45) is 11.4. The van der Waals surface area contributed by atoms with E-state index >= 15 is 0 Å². The zero-order valence-electron chi connectivity index (χ0n) is 17.2. The molecule has 1 amide bonds. The molecule has 1 saturated carbocycles. The van der Waals surface area contributed by atoms with E-state index in [9.17, 15) is 4.79 Å². The molecule has 156 valence electrons. The first-order valence-corrected chi connectivity index (χ1v) is 10.2. The number of anilines is 3. The zero-order valence-corrected chi connectivity index (χ0v) is 17.2. The number of nitrogens with zero attached hydrogens (tertiary/aromatic N) is 5. The highest BCUT2D eigenvalue weighted by Crippen LogP contribution is 2.32. The minimum atomic E-state index is -0.235. The zero-order chi connectivity index (χ0) is 21.4. The fraction of sp³-hybridized carbons (Fsp3) is 0.217. The number of hydrogen-bond donors (Lipinski definition) is 2. The molecule has 3 heterocycles. The highest BCUT2D eigenvalue weighted by atomic mass is 16.1. The standard InChI is InChI=1S/C23H23N7O/c1-3-22(31)26-16-6-7-18-19(14-29(2)21(18)10-16)20-8-9-24-23(28-20)27-17-11-25-30(13-17)12-15-4-5-15/h3,6-11,13-15H,1,4-5,12H2,2H3,(H,26,31)(H,24,27,28). The SMILES string of the molecule is C=CC(=O)Nc1ccc2c(-c3ccnc(Nc4cnn(CC5CC5)c4)n3)cn(C)c2c1. The van der Waals surface area contributed by atoms with E-state index < -0.39 is 0 Å². The Balaban J connectivity index is 1.41. The van der Waals surface area contributed by atoms with E-state index in [0.717, 1.165) is 46.0 Å². The number of aromatic nitrogens is 5. The third-order valence-electron chi connectivity index (χ3n) is 5.41. The summed E-state index contributed by atoms with van der Waals surface area (Å²) in [5.74, 6) is 1.06. The summed E-state index contributed by atoms with van der Waals surface area (Å²) < 4.78 is 3.99. The van der Waals surface area contributed by atoms with Crippen LogP contribution in [0.1, 0.15) is 12.8 Å². The minimum absolute atomic E-state index is 0.235. The molecule has 2 N–H and O–H groups in total. The largest absolute Gasteiger partial charge is 0.350 e. The maximum absolute atomic E-state index is 11.6. The molecule has 31 heavy (non-hydrogen) atoms. The molecule has 1 aromatic carbocycles. The van der Waals surface area contributed by atoms with Crippen LogP contribution in [0.4, 0.5) is 17.3 Å². The monoisotopic (exact) mass is 413 g/mol. The van der Waals surface area contributed by atoms with Crippen molar-refractivity contribution >= 4 is 34.1 Å². The van der Waals surface area contributed by atoms with Gasteiger partial charge in [-0.1, -0.05) is 12.6 Å². The normalized spacial score (nSPS) is 13.3. The maximum Gasteiger partial charge on any atom is 0.247 e. The van der Waals surface area contributed by atoms with Gasteiger partial charge in [0.05, 0.1) is 23.1 Å². The van der Waals surface area contributed by atoms with Crippen LogP contribution in [0.3, 0.4) is 0 Å². The first-order valence-electron chi connectivity index (χ1n) is 10.2. The van der Waals surface area contributed by atoms with Crippen LogP contribution in [-0.2, 0) is 18.4 Å². The summed E-state index contributed by atoms with van der Waals surface area (Å²) in [7, 11) is 1.97. The molecule has 1 aliphatic rings. The number of aryl methyl sites for hydroxylation is 1. The fourth-order valence-corrected chi connectivity index (χ4v) is 3.65. The van der Waals surface area contributed by atoms with E-state index in [1.165, 1.54) is 18.9 Å². The van der Waals surface area contributed by atoms with Crippen LogP contribution in [0.5, 0.6) is 0 Å². The molecule has 1 aliphatic carbocycles. The molecule has 1 fully saturated rings. The highest BCUT2D eigenvalue weighted by Gasteiger charge is 2.22. The first-order chi connectivity index (χ1) is 15.1. The van der Waals surface area contributed by atoms with Crippen molar-refractivity contribution in [3.8, 4) is 11.3 Å². The average Bonchev–Trinajstić information content (AvgIpc) is 3.39. The topological polar surface area (TPSA) is 89.7 Å². The molecule has 4 aromatic rings. The van der Waals surface area contributed by atoms with Gasteiger partial charge in [0.15, 0.2) is 0 Å². The lowest BCUT2D eigenvalue weighted by Gasteiger charge is -2.05. The van der Waals surface area contributed by atoms with Crippen LogP contribution in [-0.4, -0.2) is 30.2 Å². The van der Waals surface area contributed by atoms with E-state index in [4.69, 9.17) is 4.98 Å². The molecule has 0 atom stereocenters. The van der Waals surface area contributed by atoms with E-state index in [-0.39, 0.29) is 5.91 Å². The molecule has 3 aromatic heterocycles. The van der Waals surface area contributed by atoms with Crippen molar-refractivity contribution in [2.45, 2.75) is 19.4 Å². The van der Waals surface area contributed by atoms with Crippen molar-refractivity contribution in [2.75, 3.05) is 10.6 Å². The summed E-state index contributed by atoms with van der Waals surface area (Å²) >= 11 is 0. The maximum atomic E-state index is 11.6. The Kier molecular flexibility index (Phi) is 4.74. The van der Waals surface area contributed by atoms with Crippen molar-refractivity contribution in [2.24, 2.45) is 13.0 Å². The van der Waals surface area contributed by atoms with Gasteiger partial charge in [-0.3, -0.25) is 9.48 Å². The van der Waals surface area contributed by atoms with Crippen LogP contribution in [0.15, 0.2) is 61.7 Å². The lowest BCUT2D eigenvalue weighted by atomic mass is 10.1. The molecule has 0 radical (unpaired) electrons. The average molecular weight is 413 g/mol. The summed E-state index contributed by atoms with van der Waals surface area (Å²) in [4.78, 5) is 20.7. The van der Waals surface area contributed by atoms with Crippen molar-refractivity contribution in [1.82, 2.24) is 24.3 Å². The molecule has 0 unspecified atom stereocenters. The Bertz CT molecular complexity index is 1280. The van der Waals surface area contributed by atoms with Gasteiger partial charge in [-0.05, 0) is 43.0 Å². The van der Waals surface area contributed by atoms with Crippen molar-refractivity contribution in [3.63, 3.8) is 0 Å². The number of rotatable bonds is 7. The van der Waals surface area contributed by atoms with Crippen molar-refractivity contribution < 1.29 is 4.79 Å². The number of hydrogen-bond acceptors (Lipinski definition) is 5. The van der Waals surface area contributed by atoms with Gasteiger partial charge in [0, 0.05) is 48.8 Å². The highest BCUT2D eigenvalue weighted by molar-refractivity contribution is 6.02. The van der Waals surface area contributed by atoms with Gasteiger partial charge < -0.3 is 15.2 Å². The van der Waals surface area contributed by atoms with Crippen LogP contribution >= 0.6 is 0 Å². The molecule has 0 bridgehead atoms. The molecule has 0 spiro atoms. The second-order valence-electron chi connectivity index (χ2n) is 7.86. The van der Waals surface area contributed by atoms with Gasteiger partial charge in [-0.2, -0.15) is 5.10 Å². The lowest BCUT2D eigenvalue weighted by Crippen LogP contribution is -2.07. The summed E-state index contributed by atoms with van der Waals surface area (Å²) in [6.45, 7) is 4.46. The summed E-state index contributed by atoms with van der Waals surface area (Å²) in [5, 5.41) is 11.5. The smallest absolute Gasteiger partial charge is 0.247 e. The van der Waals surface area contributed by atoms with E-state index in [1.807, 2.05) is 53.0 Å². The van der Waals surface area contributed by atoms with Gasteiger partial charge in [-0.15, -0.1) is 0 Å². The molecular weight excluding hydrogens is 390 g/mol. The van der Waals surface area contributed by atoms with Gasteiger partial charge in [0.2, 0.25) is 11.9 Å². The second kappa shape index (κ2) is 7.71. The predicted molar refractivity (Wildman–Crippen MR) is 121 cm³/mol. The number of fused-ring (bicyclic) bond motifs is 1. The van der Waals surface area contributed by atoms with Gasteiger partial charge in [0.1, 0.15) is 0 Å². The molecule has 8 heteroatoms. The van der Waals surface area contributed by atoms with E-state index in [1.54, 1.807) is 12.4 Å². The quantitative estimate of drug-likeness (QED) is 0.445. The molecular formula is C23H23N7O. The number of nitrogens with one attached hydrogen (secondary N) is 2. The number of amides is 1. The van der Waals surface area contributed by atoms with E-state index in [2.05, 4.69) is 27.3 Å². The first kappa shape index (κ1) is 19.0. The van der Waals surface area contributed by atoms with Crippen LogP contribution in [0.2, 0.25) is 0 Å². The Morgan fingerprint density at radius 1 is 1.26 bits per heavy atom. The summed E-state index contributed by atoms with van der Waals surface area (Å²) in [5.41, 5.74) is 4.40. The molecule has 0 aliphatic heterocycles. The van der Waals surface area contributed by atoms with Gasteiger partial charge in [-0.25, -0.2) is 9.97 Å². The van der Waals surface area contributed by atoms with Gasteiger partial charge >= 0.3 is 0 Å². The minimum Gasteiger partial charge on any atom is -0.350 e. The fourth-order valence-electron chi connectivity index (χ4n) is 3.65. The van der Waals surface area contributed by atoms with Crippen molar-refractivity contribution in [1.29, 1.82) is 0 Å². The van der Waals surface area contributed by atoms with E-state index in [0.29, 0.717) is 5.95 Å². The van der Waals surface area contributed by atoms with Crippen LogP contribution in [0, 0.1) is 5.92 Å². The Labute approximate surface area is 179 Å². The number of carbonyl (C=O) groups is 1. The third-order valence-corrected chi connectivity index (χ3v) is 5.41. The second-order valence-corrected chi connectivity index (χ2v) is 7.86. The van der Waals surface area contributed by atoms with Crippen LogP contribution in [0.25, 0.3) is 22.2 Å². The molecule has 5 rings (SSSR count). The Morgan fingerprint density at radius 2 is 2.13 bits per heavy atom. The third kappa shape index (κ3) is 4.05. The molecule has 8 nitrogen and oxygen atoms in total. The number of benzene rings is 1. The van der Waals surface area contributed by atoms with Crippen LogP contribution < -0.4 is 10.6 Å². The van der Waals surface area contributed by atoms with Gasteiger partial charge in [0.25, 0.3) is 0 Å². The summed E-state index contributed by atoms with van der Waals surface area (Å²) in [6, 6.07) is 7.70.